The SMILES string of the molecule is COc1ccc(/C=C/C(C)=O)c(O)c1. The fourth-order valence-electron chi connectivity index (χ4n) is 0.999. The van der Waals surface area contributed by atoms with Gasteiger partial charge < -0.3 is 9.84 Å². The van der Waals surface area contributed by atoms with E-state index in [2.05, 4.69) is 0 Å². The minimum absolute atomic E-state index is 0.0554. The molecule has 3 nitrogen and oxygen atoms in total. The summed E-state index contributed by atoms with van der Waals surface area (Å²) in [6.45, 7) is 1.46. The Morgan fingerprint density at radius 1 is 1.50 bits per heavy atom. The molecule has 0 radical (unpaired) electrons. The first kappa shape index (κ1) is 10.3. The number of carbonyl (C=O) groups excluding carboxylic acids is 1. The van der Waals surface area contributed by atoms with Gasteiger partial charge in [-0.15, -0.1) is 0 Å². The van der Waals surface area contributed by atoms with Crippen LogP contribution in [0.4, 0.5) is 0 Å². The molecule has 0 bridgehead atoms. The molecule has 14 heavy (non-hydrogen) atoms. The standard InChI is InChI=1S/C11H12O3/c1-8(12)3-4-9-5-6-10(14-2)7-11(9)13/h3-7,13H,1-2H3/b4-3+. The number of aromatic hydroxyl groups is 1. The molecule has 0 saturated carbocycles. The molecule has 0 aliphatic carbocycles. The van der Waals surface area contributed by atoms with Gasteiger partial charge in [0.25, 0.3) is 0 Å². The predicted octanol–water partition coefficient (Wildman–Crippen LogP) is 2.00. The van der Waals surface area contributed by atoms with E-state index < -0.39 is 0 Å². The third kappa shape index (κ3) is 2.62. The Bertz CT molecular complexity index is 367. The predicted molar refractivity (Wildman–Crippen MR) is 54.4 cm³/mol. The molecule has 1 aromatic carbocycles. The molecule has 0 heterocycles. The Morgan fingerprint density at radius 3 is 2.71 bits per heavy atom. The Hall–Kier alpha value is -1.77. The van der Waals surface area contributed by atoms with Gasteiger partial charge in [-0.2, -0.15) is 0 Å². The summed E-state index contributed by atoms with van der Waals surface area (Å²) in [5.74, 6) is 0.629. The maximum atomic E-state index is 10.7. The number of hydrogen-bond acceptors (Lipinski definition) is 3. The Kier molecular flexibility index (Phi) is 3.29. The van der Waals surface area contributed by atoms with Gasteiger partial charge in [0, 0.05) is 11.6 Å². The summed E-state index contributed by atoms with van der Waals surface area (Å²) < 4.78 is 4.92. The molecule has 3 heteroatoms. The summed E-state index contributed by atoms with van der Waals surface area (Å²) in [5, 5.41) is 9.49. The summed E-state index contributed by atoms with van der Waals surface area (Å²) in [5.41, 5.74) is 0.598. The molecule has 0 fully saturated rings. The van der Waals surface area contributed by atoms with Gasteiger partial charge in [0.05, 0.1) is 7.11 Å². The quantitative estimate of drug-likeness (QED) is 0.745. The molecule has 1 aromatic rings. The fraction of sp³-hybridized carbons (Fsp3) is 0.182. The van der Waals surface area contributed by atoms with Crippen molar-refractivity contribution in [2.75, 3.05) is 7.11 Å². The number of allylic oxidation sites excluding steroid dienone is 1. The summed E-state index contributed by atoms with van der Waals surface area (Å²) in [6.07, 6.45) is 2.97. The molecule has 1 rings (SSSR count). The van der Waals surface area contributed by atoms with Crippen molar-refractivity contribution >= 4 is 11.9 Å². The van der Waals surface area contributed by atoms with Gasteiger partial charge in [0.15, 0.2) is 5.78 Å². The smallest absolute Gasteiger partial charge is 0.152 e. The van der Waals surface area contributed by atoms with E-state index in [-0.39, 0.29) is 11.5 Å². The van der Waals surface area contributed by atoms with Crippen molar-refractivity contribution in [3.63, 3.8) is 0 Å². The van der Waals surface area contributed by atoms with Crippen molar-refractivity contribution in [3.8, 4) is 11.5 Å². The number of phenols is 1. The third-order valence-corrected chi connectivity index (χ3v) is 1.74. The van der Waals surface area contributed by atoms with Crippen LogP contribution < -0.4 is 4.74 Å². The molecule has 0 aliphatic heterocycles. The monoisotopic (exact) mass is 192 g/mol. The van der Waals surface area contributed by atoms with Crippen LogP contribution in [0.3, 0.4) is 0 Å². The molecular weight excluding hydrogens is 180 g/mol. The second-order valence-corrected chi connectivity index (χ2v) is 2.87. The highest BCUT2D eigenvalue weighted by Crippen LogP contribution is 2.24. The topological polar surface area (TPSA) is 46.5 Å². The highest BCUT2D eigenvalue weighted by molar-refractivity contribution is 5.91. The van der Waals surface area contributed by atoms with Gasteiger partial charge in [-0.25, -0.2) is 0 Å². The minimum atomic E-state index is -0.0554. The van der Waals surface area contributed by atoms with E-state index in [1.54, 1.807) is 18.2 Å². The highest BCUT2D eigenvalue weighted by atomic mass is 16.5. The summed E-state index contributed by atoms with van der Waals surface area (Å²) in [4.78, 5) is 10.7. The average Bonchev–Trinajstić information content (AvgIpc) is 2.15. The van der Waals surface area contributed by atoms with Gasteiger partial charge in [0.2, 0.25) is 0 Å². The maximum absolute atomic E-state index is 10.7. The number of ketones is 1. The van der Waals surface area contributed by atoms with Crippen molar-refractivity contribution in [1.29, 1.82) is 0 Å². The zero-order chi connectivity index (χ0) is 10.6. The average molecular weight is 192 g/mol. The third-order valence-electron chi connectivity index (χ3n) is 1.74. The van der Waals surface area contributed by atoms with Crippen LogP contribution in [0.2, 0.25) is 0 Å². The second-order valence-electron chi connectivity index (χ2n) is 2.87. The number of phenolic OH excluding ortho intramolecular Hbond substituents is 1. The van der Waals surface area contributed by atoms with E-state index in [1.807, 2.05) is 0 Å². The Balaban J connectivity index is 2.94. The normalized spacial score (nSPS) is 10.4. The van der Waals surface area contributed by atoms with Gasteiger partial charge in [-0.05, 0) is 31.2 Å². The van der Waals surface area contributed by atoms with Crippen LogP contribution in [-0.2, 0) is 4.79 Å². The van der Waals surface area contributed by atoms with Crippen molar-refractivity contribution in [2.45, 2.75) is 6.92 Å². The van der Waals surface area contributed by atoms with E-state index in [1.165, 1.54) is 26.2 Å². The van der Waals surface area contributed by atoms with Crippen LogP contribution in [0.5, 0.6) is 11.5 Å². The van der Waals surface area contributed by atoms with Crippen LogP contribution in [0, 0.1) is 0 Å². The van der Waals surface area contributed by atoms with Crippen LogP contribution in [0.15, 0.2) is 24.3 Å². The maximum Gasteiger partial charge on any atom is 0.152 e. The molecule has 0 aliphatic rings. The Morgan fingerprint density at radius 2 is 2.21 bits per heavy atom. The summed E-state index contributed by atoms with van der Waals surface area (Å²) in [7, 11) is 1.53. The molecule has 0 saturated heterocycles. The molecule has 0 aromatic heterocycles. The number of hydrogen-bond donors (Lipinski definition) is 1. The molecular formula is C11H12O3. The van der Waals surface area contributed by atoms with Crippen LogP contribution >= 0.6 is 0 Å². The first-order chi connectivity index (χ1) is 6.63. The van der Waals surface area contributed by atoms with Crippen molar-refractivity contribution in [1.82, 2.24) is 0 Å². The van der Waals surface area contributed by atoms with E-state index in [0.717, 1.165) is 0 Å². The van der Waals surface area contributed by atoms with E-state index in [9.17, 15) is 9.90 Å². The van der Waals surface area contributed by atoms with Gasteiger partial charge in [0.1, 0.15) is 11.5 Å². The lowest BCUT2D eigenvalue weighted by Gasteiger charge is -2.02. The first-order valence-electron chi connectivity index (χ1n) is 4.19. The van der Waals surface area contributed by atoms with Crippen molar-refractivity contribution < 1.29 is 14.6 Å². The number of carbonyl (C=O) groups is 1. The second kappa shape index (κ2) is 4.46. The molecule has 74 valence electrons. The summed E-state index contributed by atoms with van der Waals surface area (Å²) >= 11 is 0. The number of rotatable bonds is 3. The van der Waals surface area contributed by atoms with Crippen LogP contribution in [0.1, 0.15) is 12.5 Å². The number of benzene rings is 1. The van der Waals surface area contributed by atoms with Crippen molar-refractivity contribution in [2.24, 2.45) is 0 Å². The lowest BCUT2D eigenvalue weighted by atomic mass is 10.1. The van der Waals surface area contributed by atoms with E-state index in [4.69, 9.17) is 4.74 Å². The van der Waals surface area contributed by atoms with E-state index >= 15 is 0 Å². The number of methoxy groups -OCH3 is 1. The van der Waals surface area contributed by atoms with Gasteiger partial charge in [-0.3, -0.25) is 4.79 Å². The van der Waals surface area contributed by atoms with Crippen LogP contribution in [-0.4, -0.2) is 18.0 Å². The number of ether oxygens (including phenoxy) is 1. The molecule has 0 unspecified atom stereocenters. The van der Waals surface area contributed by atoms with Gasteiger partial charge in [-0.1, -0.05) is 0 Å². The zero-order valence-electron chi connectivity index (χ0n) is 8.15. The van der Waals surface area contributed by atoms with Crippen LogP contribution in [0.25, 0.3) is 6.08 Å². The van der Waals surface area contributed by atoms with Gasteiger partial charge >= 0.3 is 0 Å². The first-order valence-corrected chi connectivity index (χ1v) is 4.19. The Labute approximate surface area is 82.6 Å². The lowest BCUT2D eigenvalue weighted by Crippen LogP contribution is -1.84. The minimum Gasteiger partial charge on any atom is -0.507 e. The largest absolute Gasteiger partial charge is 0.507 e. The molecule has 0 amide bonds. The fourth-order valence-corrected chi connectivity index (χ4v) is 0.999. The lowest BCUT2D eigenvalue weighted by molar-refractivity contribution is -0.112. The van der Waals surface area contributed by atoms with Crippen molar-refractivity contribution in [3.05, 3.63) is 29.8 Å². The molecule has 0 spiro atoms. The van der Waals surface area contributed by atoms with E-state index in [0.29, 0.717) is 11.3 Å². The molecule has 0 atom stereocenters. The summed E-state index contributed by atoms with van der Waals surface area (Å²) in [6, 6.07) is 4.91. The molecule has 1 N–H and O–H groups in total. The zero-order valence-corrected chi connectivity index (χ0v) is 8.15. The highest BCUT2D eigenvalue weighted by Gasteiger charge is 1.99.